The van der Waals surface area contributed by atoms with E-state index in [1.165, 1.54) is 12.1 Å². The van der Waals surface area contributed by atoms with Gasteiger partial charge in [0.25, 0.3) is 5.69 Å². The van der Waals surface area contributed by atoms with Gasteiger partial charge in [-0.3, -0.25) is 15.1 Å². The Kier molecular flexibility index (Phi) is 2.88. The Balaban J connectivity index is 2.87. The smallest absolute Gasteiger partial charge is 0.287 e. The molecule has 1 aromatic heterocycles. The fourth-order valence-corrected chi connectivity index (χ4v) is 0.818. The van der Waals surface area contributed by atoms with Crippen molar-refractivity contribution >= 4 is 5.69 Å². The first-order valence-corrected chi connectivity index (χ1v) is 3.62. The average molecular weight is 183 g/mol. The van der Waals surface area contributed by atoms with Gasteiger partial charge in [0.1, 0.15) is 6.20 Å². The molecule has 0 aliphatic carbocycles. The molecule has 0 spiro atoms. The fourth-order valence-electron chi connectivity index (χ4n) is 0.818. The fraction of sp³-hybridized carbons (Fsp3) is 0.286. The van der Waals surface area contributed by atoms with Crippen LogP contribution in [-0.4, -0.2) is 21.6 Å². The van der Waals surface area contributed by atoms with E-state index in [4.69, 9.17) is 10.8 Å². The van der Waals surface area contributed by atoms with Gasteiger partial charge in [-0.05, 0) is 6.07 Å². The van der Waals surface area contributed by atoms with E-state index in [9.17, 15) is 10.1 Å². The standard InChI is InChI=1S/C7H9N3O3/c8-6(4-11)7-2-1-5(3-9-7)10(12)13/h1-3,6,11H,4,8H2/t6-/m0/s1. The molecule has 1 atom stereocenters. The number of nitro groups is 1. The number of nitrogens with zero attached hydrogens (tertiary/aromatic N) is 2. The van der Waals surface area contributed by atoms with Crippen molar-refractivity contribution in [3.05, 3.63) is 34.1 Å². The van der Waals surface area contributed by atoms with E-state index in [-0.39, 0.29) is 12.3 Å². The Morgan fingerprint density at radius 2 is 2.38 bits per heavy atom. The topological polar surface area (TPSA) is 102 Å². The lowest BCUT2D eigenvalue weighted by Gasteiger charge is -2.05. The van der Waals surface area contributed by atoms with Crippen molar-refractivity contribution in [2.45, 2.75) is 6.04 Å². The van der Waals surface area contributed by atoms with Gasteiger partial charge in [-0.1, -0.05) is 0 Å². The van der Waals surface area contributed by atoms with Gasteiger partial charge >= 0.3 is 0 Å². The highest BCUT2D eigenvalue weighted by molar-refractivity contribution is 5.27. The van der Waals surface area contributed by atoms with Crippen molar-refractivity contribution < 1.29 is 10.0 Å². The molecule has 0 unspecified atom stereocenters. The number of nitrogens with two attached hydrogens (primary N) is 1. The van der Waals surface area contributed by atoms with E-state index in [0.717, 1.165) is 6.20 Å². The summed E-state index contributed by atoms with van der Waals surface area (Å²) in [4.78, 5) is 13.4. The first-order chi connectivity index (χ1) is 6.15. The van der Waals surface area contributed by atoms with Crippen LogP contribution in [0, 0.1) is 10.1 Å². The molecule has 6 heteroatoms. The largest absolute Gasteiger partial charge is 0.394 e. The molecule has 0 radical (unpaired) electrons. The van der Waals surface area contributed by atoms with Gasteiger partial charge in [0.15, 0.2) is 0 Å². The Morgan fingerprint density at radius 3 is 2.77 bits per heavy atom. The molecule has 0 aromatic carbocycles. The predicted octanol–water partition coefficient (Wildman–Crippen LogP) is -0.0181. The summed E-state index contributed by atoms with van der Waals surface area (Å²) in [6.45, 7) is -0.231. The molecule has 0 amide bonds. The monoisotopic (exact) mass is 183 g/mol. The van der Waals surface area contributed by atoms with Gasteiger partial charge in [0, 0.05) is 6.07 Å². The normalized spacial score (nSPS) is 12.5. The Hall–Kier alpha value is -1.53. The highest BCUT2D eigenvalue weighted by atomic mass is 16.6. The number of hydrogen-bond acceptors (Lipinski definition) is 5. The van der Waals surface area contributed by atoms with Gasteiger partial charge in [-0.25, -0.2) is 0 Å². The van der Waals surface area contributed by atoms with Crippen molar-refractivity contribution in [1.29, 1.82) is 0 Å². The van der Waals surface area contributed by atoms with Crippen LogP contribution in [0.15, 0.2) is 18.3 Å². The summed E-state index contributed by atoms with van der Waals surface area (Å²) in [5.74, 6) is 0. The second-order valence-electron chi connectivity index (χ2n) is 2.49. The molecule has 1 heterocycles. The summed E-state index contributed by atoms with van der Waals surface area (Å²) >= 11 is 0. The molecule has 1 rings (SSSR count). The molecule has 0 fully saturated rings. The number of hydrogen-bond donors (Lipinski definition) is 2. The summed E-state index contributed by atoms with van der Waals surface area (Å²) in [6, 6.07) is 2.15. The van der Waals surface area contributed by atoms with Gasteiger partial charge in [-0.15, -0.1) is 0 Å². The zero-order valence-electron chi connectivity index (χ0n) is 6.75. The van der Waals surface area contributed by atoms with Gasteiger partial charge in [-0.2, -0.15) is 0 Å². The van der Waals surface area contributed by atoms with Crippen molar-refractivity contribution in [2.24, 2.45) is 5.73 Å². The highest BCUT2D eigenvalue weighted by Crippen LogP contribution is 2.12. The van der Waals surface area contributed by atoms with Crippen LogP contribution in [0.25, 0.3) is 0 Å². The average Bonchev–Trinajstić information content (AvgIpc) is 2.17. The number of aliphatic hydroxyl groups is 1. The molecule has 70 valence electrons. The molecular weight excluding hydrogens is 174 g/mol. The Labute approximate surface area is 74.2 Å². The van der Waals surface area contributed by atoms with E-state index >= 15 is 0 Å². The third-order valence-corrected chi connectivity index (χ3v) is 1.56. The van der Waals surface area contributed by atoms with Gasteiger partial charge < -0.3 is 10.8 Å². The van der Waals surface area contributed by atoms with Crippen LogP contribution in [0.1, 0.15) is 11.7 Å². The minimum absolute atomic E-state index is 0.0890. The predicted molar refractivity (Wildman–Crippen MR) is 44.9 cm³/mol. The van der Waals surface area contributed by atoms with E-state index in [2.05, 4.69) is 4.98 Å². The van der Waals surface area contributed by atoms with Crippen LogP contribution in [0.5, 0.6) is 0 Å². The van der Waals surface area contributed by atoms with Crippen LogP contribution >= 0.6 is 0 Å². The van der Waals surface area contributed by atoms with Crippen LogP contribution in [-0.2, 0) is 0 Å². The lowest BCUT2D eigenvalue weighted by atomic mass is 10.2. The lowest BCUT2D eigenvalue weighted by molar-refractivity contribution is -0.385. The molecule has 0 saturated carbocycles. The molecule has 13 heavy (non-hydrogen) atoms. The lowest BCUT2D eigenvalue weighted by Crippen LogP contribution is -2.15. The highest BCUT2D eigenvalue weighted by Gasteiger charge is 2.09. The van der Waals surface area contributed by atoms with Crippen LogP contribution in [0.4, 0.5) is 5.69 Å². The maximum atomic E-state index is 10.2. The summed E-state index contributed by atoms with van der Waals surface area (Å²) < 4.78 is 0. The van der Waals surface area contributed by atoms with Crippen molar-refractivity contribution in [2.75, 3.05) is 6.61 Å². The van der Waals surface area contributed by atoms with Crippen molar-refractivity contribution in [3.63, 3.8) is 0 Å². The maximum absolute atomic E-state index is 10.2. The van der Waals surface area contributed by atoms with Gasteiger partial charge in [0.05, 0.1) is 23.3 Å². The second-order valence-corrected chi connectivity index (χ2v) is 2.49. The summed E-state index contributed by atoms with van der Waals surface area (Å²) in [7, 11) is 0. The quantitative estimate of drug-likeness (QED) is 0.506. The number of rotatable bonds is 3. The Bertz CT molecular complexity index is 298. The molecule has 3 N–H and O–H groups in total. The zero-order chi connectivity index (χ0) is 9.84. The van der Waals surface area contributed by atoms with Crippen LogP contribution < -0.4 is 5.73 Å². The molecule has 6 nitrogen and oxygen atoms in total. The molecular formula is C7H9N3O3. The summed E-state index contributed by atoms with van der Waals surface area (Å²) in [6.07, 6.45) is 1.12. The number of pyridine rings is 1. The third kappa shape index (κ3) is 2.20. The molecule has 0 bridgehead atoms. The number of aromatic nitrogens is 1. The van der Waals surface area contributed by atoms with Crippen LogP contribution in [0.3, 0.4) is 0 Å². The maximum Gasteiger partial charge on any atom is 0.287 e. The van der Waals surface area contributed by atoms with Crippen LogP contribution in [0.2, 0.25) is 0 Å². The molecule has 0 saturated heterocycles. The van der Waals surface area contributed by atoms with E-state index < -0.39 is 11.0 Å². The Morgan fingerprint density at radius 1 is 1.69 bits per heavy atom. The minimum Gasteiger partial charge on any atom is -0.394 e. The van der Waals surface area contributed by atoms with E-state index in [0.29, 0.717) is 5.69 Å². The third-order valence-electron chi connectivity index (χ3n) is 1.56. The van der Waals surface area contributed by atoms with Gasteiger partial charge in [0.2, 0.25) is 0 Å². The minimum atomic E-state index is -0.583. The zero-order valence-corrected chi connectivity index (χ0v) is 6.75. The summed E-state index contributed by atoms with van der Waals surface area (Å²) in [5.41, 5.74) is 5.79. The molecule has 1 aromatic rings. The molecule has 0 aliphatic rings. The molecule has 0 aliphatic heterocycles. The van der Waals surface area contributed by atoms with E-state index in [1.807, 2.05) is 0 Å². The second kappa shape index (κ2) is 3.92. The number of aliphatic hydroxyl groups excluding tert-OH is 1. The summed E-state index contributed by atoms with van der Waals surface area (Å²) in [5, 5.41) is 18.9. The van der Waals surface area contributed by atoms with Crippen molar-refractivity contribution in [3.8, 4) is 0 Å². The first kappa shape index (κ1) is 9.56. The SMILES string of the molecule is N[C@@H](CO)c1ccc([N+](=O)[O-])cn1. The van der Waals surface area contributed by atoms with E-state index in [1.54, 1.807) is 0 Å². The van der Waals surface area contributed by atoms with Crippen molar-refractivity contribution in [1.82, 2.24) is 4.98 Å². The first-order valence-electron chi connectivity index (χ1n) is 3.62.